The van der Waals surface area contributed by atoms with Crippen LogP contribution in [0, 0.1) is 0 Å². The molecule has 1 aromatic carbocycles. The third-order valence-corrected chi connectivity index (χ3v) is 3.59. The molecule has 0 aromatic heterocycles. The van der Waals surface area contributed by atoms with Gasteiger partial charge in [0.15, 0.2) is 12.7 Å². The molecule has 0 saturated carbocycles. The zero-order valence-corrected chi connectivity index (χ0v) is 12.5. The van der Waals surface area contributed by atoms with Crippen molar-refractivity contribution in [1.29, 1.82) is 0 Å². The molecule has 0 amide bonds. The van der Waals surface area contributed by atoms with Gasteiger partial charge >= 0.3 is 27.3 Å². The molecule has 0 bridgehead atoms. The lowest BCUT2D eigenvalue weighted by atomic mass is 9.94. The quantitative estimate of drug-likeness (QED) is 0.440. The van der Waals surface area contributed by atoms with Gasteiger partial charge in [0, 0.05) is 0 Å². The molecule has 1 rings (SSSR count). The fraction of sp³-hybridized carbons (Fsp3) is 0.333. The van der Waals surface area contributed by atoms with Crippen LogP contribution in [0.3, 0.4) is 0 Å². The number of benzene rings is 1. The minimum absolute atomic E-state index is 0.0223. The molecule has 124 valence electrons. The number of ether oxygens (including phenoxy) is 2. The van der Waals surface area contributed by atoms with Gasteiger partial charge in [-0.3, -0.25) is 4.55 Å². The van der Waals surface area contributed by atoms with Crippen molar-refractivity contribution in [2.75, 3.05) is 6.61 Å². The lowest BCUT2D eigenvalue weighted by molar-refractivity contribution is -0.162. The molecule has 0 aliphatic carbocycles. The van der Waals surface area contributed by atoms with Gasteiger partial charge in [-0.2, -0.15) is 17.2 Å². The van der Waals surface area contributed by atoms with E-state index in [1.807, 2.05) is 0 Å². The van der Waals surface area contributed by atoms with Crippen molar-refractivity contribution in [3.8, 4) is 0 Å². The topological polar surface area (TPSA) is 107 Å². The van der Waals surface area contributed by atoms with Crippen molar-refractivity contribution in [3.05, 3.63) is 29.8 Å². The summed E-state index contributed by atoms with van der Waals surface area (Å²) in [5.41, 5.74) is 0.289. The summed E-state index contributed by atoms with van der Waals surface area (Å²) in [4.78, 5) is 22.9. The largest absolute Gasteiger partial charge is 0.452 e. The molecule has 0 spiro atoms. The average molecular weight is 348 g/mol. The van der Waals surface area contributed by atoms with Crippen molar-refractivity contribution in [3.63, 3.8) is 0 Å². The van der Waals surface area contributed by atoms with Gasteiger partial charge in [-0.1, -0.05) is 23.7 Å². The third kappa shape index (κ3) is 5.00. The first kappa shape index (κ1) is 19.0. The zero-order chi connectivity index (χ0) is 17.8. The molecule has 0 heterocycles. The molecular formula is C12H11BF2O7S. The number of carbonyl (C=O) groups is 2. The van der Waals surface area contributed by atoms with Crippen LogP contribution in [-0.4, -0.2) is 50.7 Å². The van der Waals surface area contributed by atoms with Crippen molar-refractivity contribution in [2.45, 2.75) is 18.3 Å². The summed E-state index contributed by atoms with van der Waals surface area (Å²) in [7, 11) is -0.315. The molecule has 0 aliphatic rings. The molecule has 0 aliphatic heterocycles. The normalized spacial score (nSPS) is 13.2. The highest BCUT2D eigenvalue weighted by molar-refractivity contribution is 7.86. The van der Waals surface area contributed by atoms with E-state index in [9.17, 15) is 26.8 Å². The highest BCUT2D eigenvalue weighted by Gasteiger charge is 2.51. The van der Waals surface area contributed by atoms with Gasteiger partial charge in [0.25, 0.3) is 0 Å². The van der Waals surface area contributed by atoms with Gasteiger partial charge in [0.1, 0.15) is 7.85 Å². The van der Waals surface area contributed by atoms with Crippen LogP contribution < -0.4 is 5.46 Å². The van der Waals surface area contributed by atoms with Crippen LogP contribution in [0.1, 0.15) is 17.3 Å². The highest BCUT2D eigenvalue weighted by Crippen LogP contribution is 2.27. The number of hydrogen-bond acceptors (Lipinski definition) is 6. The number of hydrogen-bond donors (Lipinski definition) is 1. The summed E-state index contributed by atoms with van der Waals surface area (Å²) in [5.74, 6) is -2.37. The second-order valence-corrected chi connectivity index (χ2v) is 5.86. The van der Waals surface area contributed by atoms with Crippen molar-refractivity contribution < 1.29 is 40.8 Å². The summed E-state index contributed by atoms with van der Waals surface area (Å²) in [6.07, 6.45) is -2.48. The molecule has 7 nitrogen and oxygen atoms in total. The predicted molar refractivity (Wildman–Crippen MR) is 74.2 cm³/mol. The predicted octanol–water partition coefficient (Wildman–Crippen LogP) is 0.0495. The number of rotatable bonds is 6. The monoisotopic (exact) mass is 348 g/mol. The molecular weight excluding hydrogens is 337 g/mol. The van der Waals surface area contributed by atoms with Crippen LogP contribution in [0.4, 0.5) is 8.78 Å². The Kier molecular flexibility index (Phi) is 5.83. The number of alkyl halides is 2. The fourth-order valence-corrected chi connectivity index (χ4v) is 1.85. The van der Waals surface area contributed by atoms with Crippen molar-refractivity contribution in [2.24, 2.45) is 0 Å². The van der Waals surface area contributed by atoms with Gasteiger partial charge in [-0.25, -0.2) is 9.59 Å². The fourth-order valence-electron chi connectivity index (χ4n) is 1.38. The molecule has 1 N–H and O–H groups in total. The van der Waals surface area contributed by atoms with Crippen LogP contribution in [-0.2, 0) is 24.4 Å². The van der Waals surface area contributed by atoms with Crippen molar-refractivity contribution in [1.82, 2.24) is 0 Å². The standard InChI is InChI=1S/C12H11BF2O7S/c1-7(12(14,15)23(18,19)20)22-10(16)6-21-11(17)8-3-2-4-9(13)5-8/h2-5,7H,6H2,1H3,(H,18,19,20). The van der Waals surface area contributed by atoms with E-state index in [2.05, 4.69) is 9.47 Å². The van der Waals surface area contributed by atoms with Crippen LogP contribution in [0.25, 0.3) is 0 Å². The van der Waals surface area contributed by atoms with E-state index in [0.29, 0.717) is 6.92 Å². The van der Waals surface area contributed by atoms with Crippen molar-refractivity contribution >= 4 is 35.4 Å². The van der Waals surface area contributed by atoms with Crippen LogP contribution in [0.2, 0.25) is 0 Å². The molecule has 11 heteroatoms. The molecule has 1 unspecified atom stereocenters. The van der Waals surface area contributed by atoms with Crippen LogP contribution in [0.15, 0.2) is 24.3 Å². The minimum atomic E-state index is -5.76. The molecule has 23 heavy (non-hydrogen) atoms. The van der Waals surface area contributed by atoms with E-state index >= 15 is 0 Å². The van der Waals surface area contributed by atoms with E-state index in [0.717, 1.165) is 0 Å². The van der Waals surface area contributed by atoms with E-state index in [4.69, 9.17) is 12.4 Å². The Morgan fingerprint density at radius 1 is 1.39 bits per heavy atom. The Balaban J connectivity index is 2.59. The smallest absolute Gasteiger partial charge is 0.405 e. The first-order valence-electron chi connectivity index (χ1n) is 6.02. The summed E-state index contributed by atoms with van der Waals surface area (Å²) in [6.45, 7) is -0.467. The van der Waals surface area contributed by atoms with Gasteiger partial charge in [0.05, 0.1) is 5.56 Å². The second-order valence-electron chi connectivity index (χ2n) is 4.37. The Labute approximate surface area is 131 Å². The molecule has 0 fully saturated rings. The summed E-state index contributed by atoms with van der Waals surface area (Å²) in [5, 5.41) is -4.69. The van der Waals surface area contributed by atoms with E-state index in [1.165, 1.54) is 24.3 Å². The Morgan fingerprint density at radius 2 is 2.00 bits per heavy atom. The zero-order valence-electron chi connectivity index (χ0n) is 11.7. The van der Waals surface area contributed by atoms with E-state index in [1.54, 1.807) is 0 Å². The average Bonchev–Trinajstić information content (AvgIpc) is 2.43. The molecule has 0 saturated heterocycles. The summed E-state index contributed by atoms with van der Waals surface area (Å²) < 4.78 is 64.3. The summed E-state index contributed by atoms with van der Waals surface area (Å²) >= 11 is 0. The number of carbonyl (C=O) groups excluding carboxylic acids is 2. The maximum atomic E-state index is 13.2. The lowest BCUT2D eigenvalue weighted by Gasteiger charge is -2.20. The maximum absolute atomic E-state index is 13.2. The Morgan fingerprint density at radius 3 is 2.52 bits per heavy atom. The highest BCUT2D eigenvalue weighted by atomic mass is 32.2. The maximum Gasteiger partial charge on any atom is 0.405 e. The molecule has 1 atom stereocenters. The number of halogens is 2. The molecule has 2 radical (unpaired) electrons. The third-order valence-electron chi connectivity index (χ3n) is 2.57. The van der Waals surface area contributed by atoms with Gasteiger partial charge in [-0.05, 0) is 13.0 Å². The Bertz CT molecular complexity index is 705. The first-order valence-corrected chi connectivity index (χ1v) is 7.46. The van der Waals surface area contributed by atoms with Crippen LogP contribution in [0.5, 0.6) is 0 Å². The lowest BCUT2D eigenvalue weighted by Crippen LogP contribution is -2.42. The molecule has 1 aromatic rings. The van der Waals surface area contributed by atoms with Crippen LogP contribution >= 0.6 is 0 Å². The van der Waals surface area contributed by atoms with Gasteiger partial charge < -0.3 is 9.47 Å². The Hall–Kier alpha value is -2.01. The first-order chi connectivity index (χ1) is 10.4. The van der Waals surface area contributed by atoms with E-state index < -0.39 is 40.0 Å². The minimum Gasteiger partial charge on any atom is -0.452 e. The number of esters is 2. The van der Waals surface area contributed by atoms with Gasteiger partial charge in [0.2, 0.25) is 0 Å². The summed E-state index contributed by atoms with van der Waals surface area (Å²) in [6, 6.07) is 5.57. The SMILES string of the molecule is [B]c1cccc(C(=O)OCC(=O)OC(C)C(F)(F)S(=O)(=O)O)c1. The van der Waals surface area contributed by atoms with E-state index in [-0.39, 0.29) is 11.0 Å². The van der Waals surface area contributed by atoms with Gasteiger partial charge in [-0.15, -0.1) is 0 Å². The second kappa shape index (κ2) is 7.05.